The largest absolute Gasteiger partial charge is 0.416 e. The predicted octanol–water partition coefficient (Wildman–Crippen LogP) is 4.56. The molecule has 25 heavy (non-hydrogen) atoms. The van der Waals surface area contributed by atoms with Gasteiger partial charge in [0.2, 0.25) is 5.89 Å². The van der Waals surface area contributed by atoms with E-state index in [0.29, 0.717) is 11.4 Å². The van der Waals surface area contributed by atoms with Crippen molar-refractivity contribution in [2.45, 2.75) is 56.7 Å². The third-order valence-electron chi connectivity index (χ3n) is 4.81. The number of nitrogens with two attached hydrogens (primary N) is 1. The Balaban J connectivity index is 0.00000225. The van der Waals surface area contributed by atoms with Gasteiger partial charge >= 0.3 is 6.18 Å². The lowest BCUT2D eigenvalue weighted by molar-refractivity contribution is -0.137. The van der Waals surface area contributed by atoms with Crippen molar-refractivity contribution < 1.29 is 17.7 Å². The molecule has 1 aliphatic rings. The second-order valence-electron chi connectivity index (χ2n) is 6.99. The molecule has 0 radical (unpaired) electrons. The van der Waals surface area contributed by atoms with E-state index in [2.05, 4.69) is 10.1 Å². The molecular weight excluding hydrogens is 355 g/mol. The number of hydrogen-bond donors (Lipinski definition) is 1. The van der Waals surface area contributed by atoms with Crippen molar-refractivity contribution >= 4 is 12.4 Å². The summed E-state index contributed by atoms with van der Waals surface area (Å²) in [5, 5.41) is 4.00. The highest BCUT2D eigenvalue weighted by atomic mass is 35.5. The fourth-order valence-corrected chi connectivity index (χ4v) is 3.12. The molecule has 4 nitrogen and oxygen atoms in total. The number of rotatable bonds is 3. The summed E-state index contributed by atoms with van der Waals surface area (Å²) in [5.74, 6) is 0.712. The van der Waals surface area contributed by atoms with E-state index in [1.165, 1.54) is 6.07 Å². The molecule has 0 amide bonds. The highest BCUT2D eigenvalue weighted by Crippen LogP contribution is 2.38. The van der Waals surface area contributed by atoms with Crippen molar-refractivity contribution in [2.24, 2.45) is 5.73 Å². The fraction of sp³-hybridized carbons (Fsp3) is 0.529. The highest BCUT2D eigenvalue weighted by molar-refractivity contribution is 5.85. The zero-order chi connectivity index (χ0) is 17.6. The van der Waals surface area contributed by atoms with Gasteiger partial charge in [0.25, 0.3) is 0 Å². The first kappa shape index (κ1) is 19.7. The Hall–Kier alpha value is -1.60. The van der Waals surface area contributed by atoms with Crippen LogP contribution in [0.25, 0.3) is 0 Å². The van der Waals surface area contributed by atoms with Crippen molar-refractivity contribution in [1.82, 2.24) is 10.1 Å². The van der Waals surface area contributed by atoms with Crippen molar-refractivity contribution in [3.8, 4) is 0 Å². The first-order valence-corrected chi connectivity index (χ1v) is 7.94. The Morgan fingerprint density at radius 1 is 1.12 bits per heavy atom. The molecule has 8 heteroatoms. The van der Waals surface area contributed by atoms with Gasteiger partial charge in [0.05, 0.1) is 16.5 Å². The van der Waals surface area contributed by atoms with Gasteiger partial charge in [-0.2, -0.15) is 18.2 Å². The third-order valence-corrected chi connectivity index (χ3v) is 4.81. The minimum atomic E-state index is -4.39. The Labute approximate surface area is 150 Å². The molecule has 0 unspecified atom stereocenters. The van der Waals surface area contributed by atoms with Gasteiger partial charge in [-0.1, -0.05) is 36.2 Å². The van der Waals surface area contributed by atoms with E-state index in [1.54, 1.807) is 19.9 Å². The standard InChI is InChI=1S/C17H20F3N3O.ClH/c1-15(2,11-6-5-7-12(10-11)17(18,19)20)14-22-13(23-24-14)16(21)8-3-4-9-16;/h5-7,10H,3-4,8-9,21H2,1-2H3;1H. The van der Waals surface area contributed by atoms with Crippen molar-refractivity contribution in [3.05, 3.63) is 47.1 Å². The molecule has 1 aliphatic carbocycles. The summed E-state index contributed by atoms with van der Waals surface area (Å²) in [7, 11) is 0. The fourth-order valence-electron chi connectivity index (χ4n) is 3.12. The predicted molar refractivity (Wildman–Crippen MR) is 89.5 cm³/mol. The number of nitrogens with zero attached hydrogens (tertiary/aromatic N) is 2. The topological polar surface area (TPSA) is 64.9 Å². The Kier molecular flexibility index (Phi) is 5.21. The highest BCUT2D eigenvalue weighted by Gasteiger charge is 2.39. The summed E-state index contributed by atoms with van der Waals surface area (Å²) < 4.78 is 44.2. The maximum Gasteiger partial charge on any atom is 0.416 e. The third kappa shape index (κ3) is 3.67. The van der Waals surface area contributed by atoms with Crippen LogP contribution in [-0.4, -0.2) is 10.1 Å². The maximum absolute atomic E-state index is 12.9. The molecule has 1 aromatic heterocycles. The number of alkyl halides is 3. The average Bonchev–Trinajstić information content (AvgIpc) is 3.16. The van der Waals surface area contributed by atoms with Crippen LogP contribution in [0.3, 0.4) is 0 Å². The summed E-state index contributed by atoms with van der Waals surface area (Å²) in [6.45, 7) is 3.52. The molecule has 0 bridgehead atoms. The SMILES string of the molecule is CC(C)(c1cccc(C(F)(F)F)c1)c1nc(C2(N)CCCC2)no1.Cl. The molecule has 1 aromatic carbocycles. The summed E-state index contributed by atoms with van der Waals surface area (Å²) >= 11 is 0. The van der Waals surface area contributed by atoms with Gasteiger partial charge in [0, 0.05) is 0 Å². The van der Waals surface area contributed by atoms with Crippen LogP contribution in [0.1, 0.15) is 62.4 Å². The Bertz CT molecular complexity index is 737. The van der Waals surface area contributed by atoms with Crippen molar-refractivity contribution in [2.75, 3.05) is 0 Å². The van der Waals surface area contributed by atoms with Gasteiger partial charge in [-0.15, -0.1) is 12.4 Å². The molecule has 0 saturated heterocycles. The molecule has 1 saturated carbocycles. The molecule has 138 valence electrons. The first-order valence-electron chi connectivity index (χ1n) is 7.94. The normalized spacial score (nSPS) is 17.4. The van der Waals surface area contributed by atoms with Gasteiger partial charge in [-0.3, -0.25) is 0 Å². The lowest BCUT2D eigenvalue weighted by atomic mass is 9.83. The summed E-state index contributed by atoms with van der Waals surface area (Å²) in [4.78, 5) is 4.42. The van der Waals surface area contributed by atoms with Crippen LogP contribution in [0.2, 0.25) is 0 Å². The van der Waals surface area contributed by atoms with E-state index in [1.807, 2.05) is 0 Å². The number of benzene rings is 1. The maximum atomic E-state index is 12.9. The second kappa shape index (κ2) is 6.61. The van der Waals surface area contributed by atoms with E-state index in [9.17, 15) is 13.2 Å². The molecule has 1 heterocycles. The van der Waals surface area contributed by atoms with Gasteiger partial charge in [0.1, 0.15) is 0 Å². The zero-order valence-corrected chi connectivity index (χ0v) is 14.9. The van der Waals surface area contributed by atoms with Crippen molar-refractivity contribution in [3.63, 3.8) is 0 Å². The lowest BCUT2D eigenvalue weighted by Gasteiger charge is -2.22. The van der Waals surface area contributed by atoms with E-state index in [4.69, 9.17) is 10.3 Å². The number of aromatic nitrogens is 2. The second-order valence-corrected chi connectivity index (χ2v) is 6.99. The van der Waals surface area contributed by atoms with Crippen LogP contribution < -0.4 is 5.73 Å². The molecule has 0 atom stereocenters. The van der Waals surface area contributed by atoms with Gasteiger partial charge in [0.15, 0.2) is 5.82 Å². The average molecular weight is 376 g/mol. The molecule has 1 fully saturated rings. The summed E-state index contributed by atoms with van der Waals surface area (Å²) in [6.07, 6.45) is -0.794. The van der Waals surface area contributed by atoms with Crippen LogP contribution >= 0.6 is 12.4 Å². The number of halogens is 4. The Morgan fingerprint density at radius 3 is 2.32 bits per heavy atom. The quantitative estimate of drug-likeness (QED) is 0.853. The Morgan fingerprint density at radius 2 is 1.72 bits per heavy atom. The molecule has 2 N–H and O–H groups in total. The minimum Gasteiger partial charge on any atom is -0.338 e. The van der Waals surface area contributed by atoms with Gasteiger partial charge in [-0.25, -0.2) is 0 Å². The first-order chi connectivity index (χ1) is 11.1. The van der Waals surface area contributed by atoms with Crippen LogP contribution in [0, 0.1) is 0 Å². The summed E-state index contributed by atoms with van der Waals surface area (Å²) in [6, 6.07) is 5.19. The van der Waals surface area contributed by atoms with Crippen LogP contribution in [-0.2, 0) is 17.1 Å². The molecule has 0 aliphatic heterocycles. The smallest absolute Gasteiger partial charge is 0.338 e. The van der Waals surface area contributed by atoms with E-state index in [-0.39, 0.29) is 18.3 Å². The molecule has 2 aromatic rings. The van der Waals surface area contributed by atoms with E-state index < -0.39 is 22.7 Å². The minimum absolute atomic E-state index is 0. The van der Waals surface area contributed by atoms with Crippen molar-refractivity contribution in [1.29, 1.82) is 0 Å². The van der Waals surface area contributed by atoms with Crippen LogP contribution in [0.4, 0.5) is 13.2 Å². The van der Waals surface area contributed by atoms with Gasteiger partial charge in [-0.05, 0) is 38.3 Å². The lowest BCUT2D eigenvalue weighted by Crippen LogP contribution is -2.34. The molecule has 0 spiro atoms. The van der Waals surface area contributed by atoms with Gasteiger partial charge < -0.3 is 10.3 Å². The summed E-state index contributed by atoms with van der Waals surface area (Å²) in [5.41, 5.74) is 4.65. The number of hydrogen-bond acceptors (Lipinski definition) is 4. The zero-order valence-electron chi connectivity index (χ0n) is 14.1. The van der Waals surface area contributed by atoms with Crippen LogP contribution in [0.5, 0.6) is 0 Å². The van der Waals surface area contributed by atoms with E-state index >= 15 is 0 Å². The molecule has 3 rings (SSSR count). The van der Waals surface area contributed by atoms with E-state index in [0.717, 1.165) is 37.8 Å². The van der Waals surface area contributed by atoms with Crippen LogP contribution in [0.15, 0.2) is 28.8 Å². The monoisotopic (exact) mass is 375 g/mol. The molecular formula is C17H21ClF3N3O.